The van der Waals surface area contributed by atoms with E-state index in [1.165, 1.54) is 5.56 Å². The molecule has 1 amide bonds. The summed E-state index contributed by atoms with van der Waals surface area (Å²) < 4.78 is 0.990. The molecule has 0 radical (unpaired) electrons. The van der Waals surface area contributed by atoms with E-state index in [-0.39, 0.29) is 11.9 Å². The van der Waals surface area contributed by atoms with Crippen molar-refractivity contribution in [2.75, 3.05) is 26.2 Å². The van der Waals surface area contributed by atoms with Crippen LogP contribution in [0, 0.1) is 0 Å². The summed E-state index contributed by atoms with van der Waals surface area (Å²) in [5.41, 5.74) is 2.05. The summed E-state index contributed by atoms with van der Waals surface area (Å²) >= 11 is 3.41. The van der Waals surface area contributed by atoms with E-state index in [0.717, 1.165) is 42.6 Å². The topological polar surface area (TPSA) is 23.6 Å². The monoisotopic (exact) mass is 350 g/mol. The number of rotatable bonds is 4. The van der Waals surface area contributed by atoms with E-state index in [9.17, 15) is 4.79 Å². The van der Waals surface area contributed by atoms with Crippen molar-refractivity contribution in [3.8, 4) is 0 Å². The largest absolute Gasteiger partial charge is 0.333 e. The Morgan fingerprint density at radius 3 is 2.52 bits per heavy atom. The third-order valence-corrected chi connectivity index (χ3v) is 4.23. The van der Waals surface area contributed by atoms with Crippen LogP contribution < -0.4 is 0 Å². The highest BCUT2D eigenvalue weighted by Crippen LogP contribution is 2.16. The summed E-state index contributed by atoms with van der Waals surface area (Å²) in [6, 6.07) is 8.21. The summed E-state index contributed by atoms with van der Waals surface area (Å²) in [7, 11) is 0. The van der Waals surface area contributed by atoms with Crippen LogP contribution in [0.3, 0.4) is 0 Å². The number of hydrogen-bond acceptors (Lipinski definition) is 2. The van der Waals surface area contributed by atoms with Crippen molar-refractivity contribution >= 4 is 21.8 Å². The third-order valence-electron chi connectivity index (χ3n) is 3.98. The highest BCUT2D eigenvalue weighted by atomic mass is 79.9. The molecule has 1 aliphatic rings. The average Bonchev–Trinajstić information content (AvgIpc) is 2.46. The van der Waals surface area contributed by atoms with Gasteiger partial charge in [-0.05, 0) is 31.0 Å². The maximum Gasteiger partial charge on any atom is 0.254 e. The van der Waals surface area contributed by atoms with Crippen molar-refractivity contribution < 1.29 is 4.79 Å². The molecule has 1 fully saturated rings. The van der Waals surface area contributed by atoms with Crippen LogP contribution in [0.4, 0.5) is 0 Å². The maximum absolute atomic E-state index is 12.6. The van der Waals surface area contributed by atoms with Crippen LogP contribution in [0.15, 0.2) is 35.3 Å². The second kappa shape index (κ2) is 7.23. The predicted molar refractivity (Wildman–Crippen MR) is 90.8 cm³/mol. The molecule has 114 valence electrons. The lowest BCUT2D eigenvalue weighted by molar-refractivity contribution is 0.0510. The summed E-state index contributed by atoms with van der Waals surface area (Å²) in [4.78, 5) is 16.9. The molecule has 0 unspecified atom stereocenters. The molecule has 1 aromatic carbocycles. The molecular formula is C17H23BrN2O. The van der Waals surface area contributed by atoms with Gasteiger partial charge in [-0.1, -0.05) is 41.6 Å². The van der Waals surface area contributed by atoms with Crippen molar-refractivity contribution in [2.24, 2.45) is 0 Å². The van der Waals surface area contributed by atoms with Crippen molar-refractivity contribution in [3.05, 3.63) is 46.5 Å². The number of benzene rings is 1. The average molecular weight is 351 g/mol. The summed E-state index contributed by atoms with van der Waals surface area (Å²) in [6.45, 7) is 11.5. The Morgan fingerprint density at radius 1 is 1.33 bits per heavy atom. The molecule has 0 N–H and O–H groups in total. The highest BCUT2D eigenvalue weighted by molar-refractivity contribution is 9.11. The van der Waals surface area contributed by atoms with E-state index in [1.807, 2.05) is 29.2 Å². The van der Waals surface area contributed by atoms with Crippen LogP contribution >= 0.6 is 15.9 Å². The molecule has 21 heavy (non-hydrogen) atoms. The second-order valence-electron chi connectivity index (χ2n) is 5.65. The van der Waals surface area contributed by atoms with Gasteiger partial charge in [-0.3, -0.25) is 9.69 Å². The van der Waals surface area contributed by atoms with E-state index in [1.54, 1.807) is 0 Å². The number of nitrogens with zero attached hydrogens (tertiary/aromatic N) is 2. The Balaban J connectivity index is 2.01. The van der Waals surface area contributed by atoms with Crippen LogP contribution in [0.2, 0.25) is 0 Å². The molecule has 1 atom stereocenters. The van der Waals surface area contributed by atoms with Crippen molar-refractivity contribution in [2.45, 2.75) is 26.3 Å². The van der Waals surface area contributed by atoms with Gasteiger partial charge in [-0.25, -0.2) is 0 Å². The maximum atomic E-state index is 12.6. The van der Waals surface area contributed by atoms with Gasteiger partial charge in [-0.2, -0.15) is 0 Å². The number of aryl methyl sites for hydroxylation is 1. The van der Waals surface area contributed by atoms with Crippen LogP contribution in [-0.2, 0) is 6.42 Å². The first-order chi connectivity index (χ1) is 10.0. The van der Waals surface area contributed by atoms with Gasteiger partial charge in [0, 0.05) is 42.3 Å². The first kappa shape index (κ1) is 16.2. The lowest BCUT2D eigenvalue weighted by atomic mass is 10.1. The normalized spacial score (nSPS) is 19.6. The minimum absolute atomic E-state index is 0.141. The van der Waals surface area contributed by atoms with Gasteiger partial charge in [-0.15, -0.1) is 0 Å². The zero-order valence-electron chi connectivity index (χ0n) is 12.8. The smallest absolute Gasteiger partial charge is 0.254 e. The quantitative estimate of drug-likeness (QED) is 0.831. The van der Waals surface area contributed by atoms with Gasteiger partial charge < -0.3 is 4.90 Å². The zero-order chi connectivity index (χ0) is 15.4. The van der Waals surface area contributed by atoms with E-state index in [0.29, 0.717) is 0 Å². The Hall–Kier alpha value is -1.13. The van der Waals surface area contributed by atoms with Gasteiger partial charge in [0.05, 0.1) is 0 Å². The molecule has 2 rings (SSSR count). The first-order valence-electron chi connectivity index (χ1n) is 7.46. The van der Waals surface area contributed by atoms with E-state index in [4.69, 9.17) is 0 Å². The number of halogens is 1. The van der Waals surface area contributed by atoms with E-state index in [2.05, 4.69) is 41.3 Å². The molecule has 0 aromatic heterocycles. The molecule has 0 saturated carbocycles. The second-order valence-corrected chi connectivity index (χ2v) is 6.77. The number of amides is 1. The highest BCUT2D eigenvalue weighted by Gasteiger charge is 2.27. The Kier molecular flexibility index (Phi) is 5.59. The van der Waals surface area contributed by atoms with Crippen molar-refractivity contribution in [1.29, 1.82) is 0 Å². The molecule has 1 aliphatic heterocycles. The number of carbonyl (C=O) groups is 1. The van der Waals surface area contributed by atoms with Crippen molar-refractivity contribution in [1.82, 2.24) is 9.80 Å². The molecule has 3 nitrogen and oxygen atoms in total. The number of hydrogen-bond donors (Lipinski definition) is 0. The standard InChI is InChI=1S/C17H23BrN2O/c1-4-15-5-7-16(8-6-15)17(21)20-10-9-19(11-13(2)18)12-14(20)3/h5-8,14H,2,4,9-12H2,1,3H3/t14-/m0/s1. The molecule has 1 saturated heterocycles. The fourth-order valence-corrected chi connectivity index (χ4v) is 3.12. The van der Waals surface area contributed by atoms with Crippen LogP contribution in [0.5, 0.6) is 0 Å². The zero-order valence-corrected chi connectivity index (χ0v) is 14.4. The summed E-state index contributed by atoms with van der Waals surface area (Å²) in [6.07, 6.45) is 1.000. The van der Waals surface area contributed by atoms with E-state index < -0.39 is 0 Å². The number of piperazine rings is 1. The van der Waals surface area contributed by atoms with Crippen LogP contribution in [-0.4, -0.2) is 47.9 Å². The molecule has 0 spiro atoms. The van der Waals surface area contributed by atoms with Crippen LogP contribution in [0.1, 0.15) is 29.8 Å². The molecular weight excluding hydrogens is 328 g/mol. The summed E-state index contributed by atoms with van der Waals surface area (Å²) in [5, 5.41) is 0. The van der Waals surface area contributed by atoms with E-state index >= 15 is 0 Å². The fourth-order valence-electron chi connectivity index (χ4n) is 2.77. The third kappa shape index (κ3) is 4.17. The lowest BCUT2D eigenvalue weighted by Gasteiger charge is -2.39. The SMILES string of the molecule is C=C(Br)CN1CCN(C(=O)c2ccc(CC)cc2)[C@@H](C)C1. The minimum atomic E-state index is 0.141. The lowest BCUT2D eigenvalue weighted by Crippen LogP contribution is -2.54. The van der Waals surface area contributed by atoms with Gasteiger partial charge in [0.15, 0.2) is 0 Å². The van der Waals surface area contributed by atoms with Gasteiger partial charge >= 0.3 is 0 Å². The Bertz CT molecular complexity index is 512. The first-order valence-corrected chi connectivity index (χ1v) is 8.26. The van der Waals surface area contributed by atoms with Gasteiger partial charge in [0.25, 0.3) is 5.91 Å². The molecule has 0 bridgehead atoms. The Labute approximate surface area is 135 Å². The van der Waals surface area contributed by atoms with Gasteiger partial charge in [0.2, 0.25) is 0 Å². The molecule has 1 aromatic rings. The molecule has 0 aliphatic carbocycles. The van der Waals surface area contributed by atoms with Crippen LogP contribution in [0.25, 0.3) is 0 Å². The Morgan fingerprint density at radius 2 is 2.00 bits per heavy atom. The fraction of sp³-hybridized carbons (Fsp3) is 0.471. The molecule has 1 heterocycles. The van der Waals surface area contributed by atoms with Crippen molar-refractivity contribution in [3.63, 3.8) is 0 Å². The summed E-state index contributed by atoms with van der Waals surface area (Å²) in [5.74, 6) is 0.141. The predicted octanol–water partition coefficient (Wildman–Crippen LogP) is 3.30. The minimum Gasteiger partial charge on any atom is -0.333 e. The van der Waals surface area contributed by atoms with Gasteiger partial charge in [0.1, 0.15) is 0 Å². The number of carbonyl (C=O) groups excluding carboxylic acids is 1. The molecule has 4 heteroatoms.